The van der Waals surface area contributed by atoms with Crippen molar-refractivity contribution in [1.82, 2.24) is 15.1 Å². The van der Waals surface area contributed by atoms with Crippen LogP contribution in [0.3, 0.4) is 0 Å². The summed E-state index contributed by atoms with van der Waals surface area (Å²) in [6, 6.07) is 21.2. The van der Waals surface area contributed by atoms with E-state index in [0.29, 0.717) is 22.0 Å². The van der Waals surface area contributed by atoms with Crippen LogP contribution in [-0.2, 0) is 10.0 Å². The van der Waals surface area contributed by atoms with E-state index in [4.69, 9.17) is 5.14 Å². The average Bonchev–Trinajstić information content (AvgIpc) is 2.79. The molecular weight excluding hydrogens is 428 g/mol. The van der Waals surface area contributed by atoms with Crippen LogP contribution in [0.1, 0.15) is 29.0 Å². The molecule has 0 saturated carbocycles. The summed E-state index contributed by atoms with van der Waals surface area (Å²) in [5.74, 6) is -0.464. The van der Waals surface area contributed by atoms with Gasteiger partial charge in [-0.1, -0.05) is 48.5 Å². The maximum absolute atomic E-state index is 13.2. The molecule has 1 aromatic heterocycles. The Labute approximate surface area is 184 Å². The third kappa shape index (κ3) is 4.16. The Morgan fingerprint density at radius 2 is 1.53 bits per heavy atom. The molecular formula is C23H20N4O4S. The van der Waals surface area contributed by atoms with Gasteiger partial charge in [-0.15, -0.1) is 0 Å². The van der Waals surface area contributed by atoms with E-state index in [9.17, 15) is 18.0 Å². The number of nitrogens with two attached hydrogens (primary N) is 1. The summed E-state index contributed by atoms with van der Waals surface area (Å²) < 4.78 is 24.1. The van der Waals surface area contributed by atoms with E-state index < -0.39 is 22.0 Å². The van der Waals surface area contributed by atoms with Crippen molar-refractivity contribution in [2.45, 2.75) is 17.9 Å². The summed E-state index contributed by atoms with van der Waals surface area (Å²) in [5.41, 5.74) is 1.02. The van der Waals surface area contributed by atoms with Gasteiger partial charge in [-0.2, -0.15) is 9.78 Å². The molecule has 3 N–H and O–H groups in total. The highest BCUT2D eigenvalue weighted by Crippen LogP contribution is 2.19. The summed E-state index contributed by atoms with van der Waals surface area (Å²) in [7, 11) is -3.80. The van der Waals surface area contributed by atoms with Crippen molar-refractivity contribution in [3.8, 4) is 5.69 Å². The summed E-state index contributed by atoms with van der Waals surface area (Å²) in [5, 5.41) is 13.2. The zero-order valence-electron chi connectivity index (χ0n) is 17.1. The Bertz CT molecular complexity index is 1460. The number of aromatic nitrogens is 2. The lowest BCUT2D eigenvalue weighted by atomic mass is 10.1. The molecule has 32 heavy (non-hydrogen) atoms. The number of amides is 1. The molecule has 1 unspecified atom stereocenters. The number of fused-ring (bicyclic) bond motifs is 1. The van der Waals surface area contributed by atoms with Crippen molar-refractivity contribution < 1.29 is 13.2 Å². The van der Waals surface area contributed by atoms with Crippen LogP contribution in [0.25, 0.3) is 16.5 Å². The SMILES string of the molecule is CC(NC(=O)c1nn(-c2ccccc2)c(=O)c2ccccc12)c1ccc(S(N)(=O)=O)cc1. The highest BCUT2D eigenvalue weighted by Gasteiger charge is 2.20. The number of nitrogens with zero attached hydrogens (tertiary/aromatic N) is 2. The first-order chi connectivity index (χ1) is 15.3. The molecule has 4 rings (SSSR count). The van der Waals surface area contributed by atoms with Gasteiger partial charge < -0.3 is 5.32 Å². The minimum atomic E-state index is -3.80. The van der Waals surface area contributed by atoms with Crippen molar-refractivity contribution >= 4 is 26.7 Å². The zero-order chi connectivity index (χ0) is 22.9. The van der Waals surface area contributed by atoms with Crippen molar-refractivity contribution in [3.63, 3.8) is 0 Å². The number of carbonyl (C=O) groups is 1. The molecule has 0 radical (unpaired) electrons. The van der Waals surface area contributed by atoms with Crippen molar-refractivity contribution in [2.24, 2.45) is 5.14 Å². The Morgan fingerprint density at radius 3 is 2.16 bits per heavy atom. The van der Waals surface area contributed by atoms with E-state index in [1.54, 1.807) is 67.6 Å². The van der Waals surface area contributed by atoms with E-state index in [1.165, 1.54) is 16.8 Å². The van der Waals surface area contributed by atoms with Crippen LogP contribution in [0.5, 0.6) is 0 Å². The maximum atomic E-state index is 13.2. The van der Waals surface area contributed by atoms with Gasteiger partial charge in [-0.3, -0.25) is 9.59 Å². The minimum absolute atomic E-state index is 0.0117. The molecule has 0 aliphatic rings. The van der Waals surface area contributed by atoms with E-state index in [-0.39, 0.29) is 16.1 Å². The number of sulfonamides is 1. The quantitative estimate of drug-likeness (QED) is 0.485. The first-order valence-corrected chi connectivity index (χ1v) is 11.3. The van der Waals surface area contributed by atoms with Crippen molar-refractivity contribution in [3.05, 3.63) is 100 Å². The predicted molar refractivity (Wildman–Crippen MR) is 121 cm³/mol. The number of nitrogens with one attached hydrogen (secondary N) is 1. The van der Waals surface area contributed by atoms with Crippen LogP contribution < -0.4 is 16.0 Å². The molecule has 0 bridgehead atoms. The van der Waals surface area contributed by atoms with Gasteiger partial charge in [0, 0.05) is 5.39 Å². The molecule has 4 aromatic rings. The Balaban J connectivity index is 1.72. The maximum Gasteiger partial charge on any atom is 0.279 e. The summed E-state index contributed by atoms with van der Waals surface area (Å²) in [6.07, 6.45) is 0. The minimum Gasteiger partial charge on any atom is -0.344 e. The Morgan fingerprint density at radius 1 is 0.938 bits per heavy atom. The normalized spacial score (nSPS) is 12.4. The highest BCUT2D eigenvalue weighted by molar-refractivity contribution is 7.89. The summed E-state index contributed by atoms with van der Waals surface area (Å²) in [6.45, 7) is 1.76. The van der Waals surface area contributed by atoms with E-state index in [1.807, 2.05) is 6.07 Å². The number of benzene rings is 3. The highest BCUT2D eigenvalue weighted by atomic mass is 32.2. The molecule has 0 aliphatic heterocycles. The Kier molecular flexibility index (Phi) is 5.60. The van der Waals surface area contributed by atoms with Crippen LogP contribution in [0.15, 0.2) is 88.6 Å². The van der Waals surface area contributed by atoms with Gasteiger partial charge in [-0.05, 0) is 42.8 Å². The van der Waals surface area contributed by atoms with Gasteiger partial charge in [0.1, 0.15) is 0 Å². The molecule has 1 amide bonds. The number of carbonyl (C=O) groups excluding carboxylic acids is 1. The lowest BCUT2D eigenvalue weighted by Gasteiger charge is -2.16. The lowest BCUT2D eigenvalue weighted by Crippen LogP contribution is -2.31. The van der Waals surface area contributed by atoms with Crippen LogP contribution in [0.4, 0.5) is 0 Å². The predicted octanol–water partition coefficient (Wildman–Crippen LogP) is 2.52. The number of hydrogen-bond donors (Lipinski definition) is 2. The lowest BCUT2D eigenvalue weighted by molar-refractivity contribution is 0.0935. The van der Waals surface area contributed by atoms with E-state index >= 15 is 0 Å². The van der Waals surface area contributed by atoms with Crippen LogP contribution in [0, 0.1) is 0 Å². The number of rotatable bonds is 5. The Hall–Kier alpha value is -3.82. The third-order valence-electron chi connectivity index (χ3n) is 5.08. The first kappa shape index (κ1) is 21.4. The second kappa shape index (κ2) is 8.37. The molecule has 1 heterocycles. The van der Waals surface area contributed by atoms with E-state index in [0.717, 1.165) is 0 Å². The molecule has 0 fully saturated rings. The number of hydrogen-bond acceptors (Lipinski definition) is 5. The molecule has 0 saturated heterocycles. The van der Waals surface area contributed by atoms with Gasteiger partial charge in [-0.25, -0.2) is 13.6 Å². The molecule has 8 nitrogen and oxygen atoms in total. The second-order valence-corrected chi connectivity index (χ2v) is 8.82. The molecule has 0 aliphatic carbocycles. The zero-order valence-corrected chi connectivity index (χ0v) is 17.9. The van der Waals surface area contributed by atoms with Crippen molar-refractivity contribution in [2.75, 3.05) is 0 Å². The average molecular weight is 449 g/mol. The fourth-order valence-electron chi connectivity index (χ4n) is 3.40. The summed E-state index contributed by atoms with van der Waals surface area (Å²) in [4.78, 5) is 26.1. The fourth-order valence-corrected chi connectivity index (χ4v) is 3.91. The smallest absolute Gasteiger partial charge is 0.279 e. The second-order valence-electron chi connectivity index (χ2n) is 7.26. The van der Waals surface area contributed by atoms with Gasteiger partial charge in [0.15, 0.2) is 5.69 Å². The van der Waals surface area contributed by atoms with E-state index in [2.05, 4.69) is 10.4 Å². The van der Waals surface area contributed by atoms with Gasteiger partial charge in [0.05, 0.1) is 22.0 Å². The first-order valence-electron chi connectivity index (χ1n) is 9.77. The van der Waals surface area contributed by atoms with Crippen LogP contribution in [0.2, 0.25) is 0 Å². The fraction of sp³-hybridized carbons (Fsp3) is 0.0870. The monoisotopic (exact) mass is 448 g/mol. The molecule has 1 atom stereocenters. The van der Waals surface area contributed by atoms with Gasteiger partial charge in [0.25, 0.3) is 11.5 Å². The number of primary sulfonamides is 1. The van der Waals surface area contributed by atoms with Crippen LogP contribution in [-0.4, -0.2) is 24.1 Å². The standard InChI is InChI=1S/C23H20N4O4S/c1-15(16-11-13-18(14-12-16)32(24,30)31)25-22(28)21-19-9-5-6-10-20(19)23(29)27(26-21)17-7-3-2-4-8-17/h2-15H,1H3,(H,25,28)(H2,24,30,31). The molecule has 0 spiro atoms. The van der Waals surface area contributed by atoms with Gasteiger partial charge in [0.2, 0.25) is 10.0 Å². The van der Waals surface area contributed by atoms with Crippen molar-refractivity contribution in [1.29, 1.82) is 0 Å². The molecule has 3 aromatic carbocycles. The molecule has 162 valence electrons. The molecule has 9 heteroatoms. The third-order valence-corrected chi connectivity index (χ3v) is 6.01. The summed E-state index contributed by atoms with van der Waals surface area (Å²) >= 11 is 0. The van der Waals surface area contributed by atoms with Crippen LogP contribution >= 0.6 is 0 Å². The number of para-hydroxylation sites is 1. The van der Waals surface area contributed by atoms with Gasteiger partial charge >= 0.3 is 0 Å². The topological polar surface area (TPSA) is 124 Å². The largest absolute Gasteiger partial charge is 0.344 e.